The van der Waals surface area contributed by atoms with Crippen molar-refractivity contribution in [1.82, 2.24) is 20.1 Å². The summed E-state index contributed by atoms with van der Waals surface area (Å²) in [5.41, 5.74) is 1.89. The summed E-state index contributed by atoms with van der Waals surface area (Å²) in [6.07, 6.45) is 0.406. The molecular weight excluding hydrogens is 376 g/mol. The number of benzene rings is 2. The number of fused-ring (bicyclic) bond motifs is 1. The quantitative estimate of drug-likeness (QED) is 0.510. The molecule has 4 rings (SSSR count). The Hall–Kier alpha value is -3.26. The van der Waals surface area contributed by atoms with Gasteiger partial charge < -0.3 is 0 Å². The lowest BCUT2D eigenvalue weighted by Gasteiger charge is -2.12. The maximum absolute atomic E-state index is 12.3. The first-order valence-corrected chi connectivity index (χ1v) is 9.70. The van der Waals surface area contributed by atoms with Crippen LogP contribution in [0.3, 0.4) is 0 Å². The topological polar surface area (TPSA) is 96.0 Å². The minimum absolute atomic E-state index is 0.229. The van der Waals surface area contributed by atoms with Gasteiger partial charge in [-0.2, -0.15) is 0 Å². The molecule has 7 nitrogen and oxygen atoms in total. The van der Waals surface area contributed by atoms with E-state index in [2.05, 4.69) is 15.2 Å². The van der Waals surface area contributed by atoms with E-state index in [0.717, 1.165) is 5.56 Å². The van der Waals surface area contributed by atoms with Crippen LogP contribution in [0.5, 0.6) is 0 Å². The second-order valence-corrected chi connectivity index (χ2v) is 7.31. The Balaban J connectivity index is 1.37. The first-order chi connectivity index (χ1) is 13.6. The zero-order chi connectivity index (χ0) is 19.5. The minimum atomic E-state index is -0.293. The number of nitrogens with one attached hydrogen (secondary N) is 1. The van der Waals surface area contributed by atoms with Crippen molar-refractivity contribution in [2.75, 3.05) is 12.3 Å². The largest absolute Gasteiger partial charge is 0.298 e. The molecule has 0 atom stereocenters. The number of carbonyl (C=O) groups excluding carboxylic acids is 2. The van der Waals surface area contributed by atoms with E-state index in [4.69, 9.17) is 0 Å². The normalized spacial score (nSPS) is 13.1. The predicted molar refractivity (Wildman–Crippen MR) is 104 cm³/mol. The first kappa shape index (κ1) is 18.1. The molecule has 2 amide bonds. The van der Waals surface area contributed by atoms with E-state index in [1.54, 1.807) is 24.3 Å². The highest BCUT2D eigenvalue weighted by Crippen LogP contribution is 2.23. The summed E-state index contributed by atoms with van der Waals surface area (Å²) < 4.78 is 0. The molecule has 0 fully saturated rings. The third kappa shape index (κ3) is 3.59. The van der Waals surface area contributed by atoms with Gasteiger partial charge in [-0.25, -0.2) is 0 Å². The van der Waals surface area contributed by atoms with Gasteiger partial charge in [0.15, 0.2) is 5.16 Å². The number of thioether (sulfide) groups is 1. The summed E-state index contributed by atoms with van der Waals surface area (Å²) in [4.78, 5) is 40.8. The molecule has 1 aliphatic rings. The van der Waals surface area contributed by atoms with E-state index in [9.17, 15) is 14.4 Å². The van der Waals surface area contributed by atoms with E-state index in [0.29, 0.717) is 34.2 Å². The van der Waals surface area contributed by atoms with Crippen LogP contribution in [0, 0.1) is 0 Å². The average Bonchev–Trinajstić information content (AvgIpc) is 2.96. The van der Waals surface area contributed by atoms with Gasteiger partial charge in [0, 0.05) is 18.7 Å². The molecule has 2 aromatic carbocycles. The standard InChI is InChI=1S/C20H16N4O3S/c25-17-16(12-13-6-2-1-3-7-13)22-23-20(21-17)28-11-10-24-18(26)14-8-4-5-9-15(14)19(24)27/h1-9H,10-12H2,(H,21,23,25). The Bertz CT molecular complexity index is 1060. The molecule has 0 saturated heterocycles. The van der Waals surface area contributed by atoms with Gasteiger partial charge in [0.05, 0.1) is 11.1 Å². The van der Waals surface area contributed by atoms with Crippen LogP contribution in [0.2, 0.25) is 0 Å². The maximum Gasteiger partial charge on any atom is 0.273 e. The number of rotatable bonds is 6. The van der Waals surface area contributed by atoms with Crippen molar-refractivity contribution < 1.29 is 9.59 Å². The summed E-state index contributed by atoms with van der Waals surface area (Å²) in [5.74, 6) is -0.174. The number of aromatic nitrogens is 3. The summed E-state index contributed by atoms with van der Waals surface area (Å²) in [7, 11) is 0. The zero-order valence-electron chi connectivity index (χ0n) is 14.8. The van der Waals surface area contributed by atoms with E-state index in [1.807, 2.05) is 30.3 Å². The number of nitrogens with zero attached hydrogens (tertiary/aromatic N) is 3. The number of carbonyl (C=O) groups is 2. The van der Waals surface area contributed by atoms with Crippen molar-refractivity contribution in [2.45, 2.75) is 11.6 Å². The molecule has 1 N–H and O–H groups in total. The van der Waals surface area contributed by atoms with E-state index >= 15 is 0 Å². The van der Waals surface area contributed by atoms with Crippen molar-refractivity contribution in [3.63, 3.8) is 0 Å². The second kappa shape index (κ2) is 7.77. The van der Waals surface area contributed by atoms with Crippen LogP contribution in [0.1, 0.15) is 32.0 Å². The summed E-state index contributed by atoms with van der Waals surface area (Å²) in [5, 5.41) is 8.43. The fraction of sp³-hybridized carbons (Fsp3) is 0.150. The van der Waals surface area contributed by atoms with Gasteiger partial charge in [-0.15, -0.1) is 10.2 Å². The first-order valence-electron chi connectivity index (χ1n) is 8.71. The number of hydrogen-bond acceptors (Lipinski definition) is 6. The van der Waals surface area contributed by atoms with Crippen molar-refractivity contribution in [1.29, 1.82) is 0 Å². The highest BCUT2D eigenvalue weighted by Gasteiger charge is 2.34. The Morgan fingerprint density at radius 2 is 1.50 bits per heavy atom. The highest BCUT2D eigenvalue weighted by atomic mass is 32.2. The predicted octanol–water partition coefficient (Wildman–Crippen LogP) is 2.14. The van der Waals surface area contributed by atoms with Crippen LogP contribution in [-0.2, 0) is 6.42 Å². The molecule has 8 heteroatoms. The minimum Gasteiger partial charge on any atom is -0.298 e. The van der Waals surface area contributed by atoms with Gasteiger partial charge in [-0.1, -0.05) is 54.2 Å². The molecule has 1 aliphatic heterocycles. The third-order valence-electron chi connectivity index (χ3n) is 4.39. The molecule has 0 bridgehead atoms. The van der Waals surface area contributed by atoms with E-state index in [-0.39, 0.29) is 23.9 Å². The van der Waals surface area contributed by atoms with Crippen LogP contribution in [0.25, 0.3) is 0 Å². The van der Waals surface area contributed by atoms with Gasteiger partial charge in [0.1, 0.15) is 5.69 Å². The van der Waals surface area contributed by atoms with Crippen molar-refractivity contribution in [3.8, 4) is 0 Å². The lowest BCUT2D eigenvalue weighted by molar-refractivity contribution is 0.0664. The Labute approximate surface area is 164 Å². The lowest BCUT2D eigenvalue weighted by atomic mass is 10.1. The van der Waals surface area contributed by atoms with Gasteiger partial charge in [0.25, 0.3) is 17.4 Å². The van der Waals surface area contributed by atoms with Gasteiger partial charge in [0.2, 0.25) is 0 Å². The Morgan fingerprint density at radius 3 is 2.14 bits per heavy atom. The molecule has 0 radical (unpaired) electrons. The van der Waals surface area contributed by atoms with Crippen LogP contribution >= 0.6 is 11.8 Å². The fourth-order valence-corrected chi connectivity index (χ4v) is 3.72. The molecule has 0 saturated carbocycles. The van der Waals surface area contributed by atoms with Gasteiger partial charge in [-0.3, -0.25) is 24.3 Å². The molecule has 0 unspecified atom stereocenters. The number of hydrogen-bond donors (Lipinski definition) is 1. The molecule has 0 spiro atoms. The van der Waals surface area contributed by atoms with Crippen molar-refractivity contribution >= 4 is 23.6 Å². The molecule has 28 heavy (non-hydrogen) atoms. The van der Waals surface area contributed by atoms with E-state index < -0.39 is 0 Å². The molecule has 2 heterocycles. The smallest absolute Gasteiger partial charge is 0.273 e. The average molecular weight is 392 g/mol. The molecule has 140 valence electrons. The van der Waals surface area contributed by atoms with Gasteiger partial charge >= 0.3 is 0 Å². The third-order valence-corrected chi connectivity index (χ3v) is 5.23. The molecule has 0 aliphatic carbocycles. The lowest BCUT2D eigenvalue weighted by Crippen LogP contribution is -2.32. The number of aromatic amines is 1. The monoisotopic (exact) mass is 392 g/mol. The summed E-state index contributed by atoms with van der Waals surface area (Å²) in [6.45, 7) is 0.229. The van der Waals surface area contributed by atoms with Crippen LogP contribution in [0.4, 0.5) is 0 Å². The number of H-pyrrole nitrogens is 1. The zero-order valence-corrected chi connectivity index (χ0v) is 15.6. The maximum atomic E-state index is 12.3. The molecule has 3 aromatic rings. The van der Waals surface area contributed by atoms with Crippen LogP contribution in [0.15, 0.2) is 64.5 Å². The molecule has 1 aromatic heterocycles. The number of amides is 2. The molecular formula is C20H16N4O3S. The Kier molecular flexibility index (Phi) is 5.03. The van der Waals surface area contributed by atoms with Crippen LogP contribution < -0.4 is 5.56 Å². The highest BCUT2D eigenvalue weighted by molar-refractivity contribution is 7.99. The number of imide groups is 1. The second-order valence-electron chi connectivity index (χ2n) is 6.22. The summed E-state index contributed by atoms with van der Waals surface area (Å²) >= 11 is 1.24. The summed E-state index contributed by atoms with van der Waals surface area (Å²) in [6, 6.07) is 16.3. The Morgan fingerprint density at radius 1 is 0.857 bits per heavy atom. The SMILES string of the molecule is O=C1c2ccccc2C(=O)N1CCSc1nnc(Cc2ccccc2)c(=O)[nH]1. The fourth-order valence-electron chi connectivity index (χ4n) is 2.99. The van der Waals surface area contributed by atoms with Crippen molar-refractivity contribution in [3.05, 3.63) is 87.3 Å². The van der Waals surface area contributed by atoms with Gasteiger partial charge in [-0.05, 0) is 17.7 Å². The van der Waals surface area contributed by atoms with Crippen LogP contribution in [-0.4, -0.2) is 44.2 Å². The van der Waals surface area contributed by atoms with Crippen molar-refractivity contribution in [2.24, 2.45) is 0 Å². The van der Waals surface area contributed by atoms with E-state index in [1.165, 1.54) is 16.7 Å².